The smallest absolute Gasteiger partial charge is 0.231 e. The summed E-state index contributed by atoms with van der Waals surface area (Å²) in [5, 5.41) is 9.85. The minimum atomic E-state index is -0.255. The van der Waals surface area contributed by atoms with Crippen molar-refractivity contribution in [1.82, 2.24) is 4.90 Å². The molecular formula is C16H27NO3. The van der Waals surface area contributed by atoms with Gasteiger partial charge in [-0.2, -0.15) is 0 Å². The number of aliphatic hydroxyl groups excluding tert-OH is 1. The van der Waals surface area contributed by atoms with Gasteiger partial charge in [0.05, 0.1) is 18.6 Å². The van der Waals surface area contributed by atoms with Crippen molar-refractivity contribution in [1.29, 1.82) is 0 Å². The summed E-state index contributed by atoms with van der Waals surface area (Å²) in [5.41, 5.74) is -0.300. The van der Waals surface area contributed by atoms with E-state index in [0.717, 1.165) is 44.9 Å². The molecule has 3 aliphatic rings. The van der Waals surface area contributed by atoms with E-state index in [1.807, 2.05) is 0 Å². The van der Waals surface area contributed by atoms with Crippen LogP contribution in [0.1, 0.15) is 51.9 Å². The molecule has 2 aliphatic heterocycles. The quantitative estimate of drug-likeness (QED) is 0.838. The van der Waals surface area contributed by atoms with Crippen LogP contribution in [0, 0.1) is 10.8 Å². The third-order valence-electron chi connectivity index (χ3n) is 6.29. The number of aliphatic hydroxyl groups is 1. The summed E-state index contributed by atoms with van der Waals surface area (Å²) in [5.74, 6) is 0.307. The number of methoxy groups -OCH3 is 1. The fraction of sp³-hybridized carbons (Fsp3) is 0.938. The van der Waals surface area contributed by atoms with Crippen LogP contribution < -0.4 is 0 Å². The fourth-order valence-corrected chi connectivity index (χ4v) is 4.83. The molecule has 0 spiro atoms. The maximum atomic E-state index is 13.1. The minimum Gasteiger partial charge on any atom is -0.396 e. The van der Waals surface area contributed by atoms with Gasteiger partial charge in [-0.1, -0.05) is 13.3 Å². The Morgan fingerprint density at radius 2 is 2.15 bits per heavy atom. The maximum absolute atomic E-state index is 13.1. The first-order chi connectivity index (χ1) is 9.62. The lowest BCUT2D eigenvalue weighted by molar-refractivity contribution is -0.154. The zero-order valence-electron chi connectivity index (χ0n) is 12.7. The molecule has 20 heavy (non-hydrogen) atoms. The average Bonchev–Trinajstić information content (AvgIpc) is 2.97. The van der Waals surface area contributed by atoms with Crippen LogP contribution >= 0.6 is 0 Å². The van der Waals surface area contributed by atoms with Crippen molar-refractivity contribution < 1.29 is 14.6 Å². The molecule has 0 radical (unpaired) electrons. The van der Waals surface area contributed by atoms with Gasteiger partial charge in [0.15, 0.2) is 0 Å². The van der Waals surface area contributed by atoms with Crippen molar-refractivity contribution in [2.75, 3.05) is 20.3 Å². The van der Waals surface area contributed by atoms with Gasteiger partial charge < -0.3 is 14.7 Å². The molecule has 3 fully saturated rings. The van der Waals surface area contributed by atoms with Gasteiger partial charge in [-0.3, -0.25) is 4.79 Å². The molecule has 4 heteroatoms. The number of hydrogen-bond acceptors (Lipinski definition) is 3. The van der Waals surface area contributed by atoms with Gasteiger partial charge in [0.25, 0.3) is 0 Å². The van der Waals surface area contributed by atoms with Crippen molar-refractivity contribution in [3.8, 4) is 0 Å². The monoisotopic (exact) mass is 281 g/mol. The van der Waals surface area contributed by atoms with Gasteiger partial charge in [-0.25, -0.2) is 0 Å². The predicted octanol–water partition coefficient (Wildman–Crippen LogP) is 1.96. The number of amides is 1. The molecule has 114 valence electrons. The van der Waals surface area contributed by atoms with Crippen LogP contribution in [-0.4, -0.2) is 48.3 Å². The lowest BCUT2D eigenvalue weighted by Crippen LogP contribution is -2.53. The highest BCUT2D eigenvalue weighted by atomic mass is 16.5. The number of carbonyl (C=O) groups is 1. The van der Waals surface area contributed by atoms with Gasteiger partial charge >= 0.3 is 0 Å². The Hall–Kier alpha value is -0.610. The Kier molecular flexibility index (Phi) is 3.57. The number of nitrogens with zero attached hydrogens (tertiary/aromatic N) is 1. The molecule has 1 amide bonds. The van der Waals surface area contributed by atoms with E-state index in [1.54, 1.807) is 7.11 Å². The molecule has 3 atom stereocenters. The fourth-order valence-electron chi connectivity index (χ4n) is 4.83. The highest BCUT2D eigenvalue weighted by Crippen LogP contribution is 2.54. The number of fused-ring (bicyclic) bond motifs is 2. The molecule has 0 unspecified atom stereocenters. The maximum Gasteiger partial charge on any atom is 0.231 e. The SMILES string of the molecule is CC[C@@]1(CO)C[C@@H]2CC[C@H]1N2C(=O)C1(COC)CCC1. The summed E-state index contributed by atoms with van der Waals surface area (Å²) in [4.78, 5) is 15.2. The van der Waals surface area contributed by atoms with Crippen LogP contribution in [-0.2, 0) is 9.53 Å². The molecule has 4 nitrogen and oxygen atoms in total. The van der Waals surface area contributed by atoms with E-state index in [1.165, 1.54) is 0 Å². The standard InChI is InChI=1S/C16H27NO3/c1-3-15(10-18)9-12-5-6-13(15)17(12)14(19)16(11-20-2)7-4-8-16/h12-13,18H,3-11H2,1-2H3/t12-,13+,15-/m0/s1. The third-order valence-corrected chi connectivity index (χ3v) is 6.29. The Bertz CT molecular complexity index is 387. The molecule has 0 aromatic carbocycles. The van der Waals surface area contributed by atoms with E-state index in [-0.39, 0.29) is 23.5 Å². The first-order valence-electron chi connectivity index (χ1n) is 8.05. The summed E-state index contributed by atoms with van der Waals surface area (Å²) in [6.07, 6.45) is 7.19. The van der Waals surface area contributed by atoms with E-state index in [0.29, 0.717) is 18.6 Å². The zero-order valence-corrected chi connectivity index (χ0v) is 12.7. The highest BCUT2D eigenvalue weighted by molar-refractivity contribution is 5.85. The van der Waals surface area contributed by atoms with Crippen molar-refractivity contribution in [2.45, 2.75) is 64.0 Å². The molecule has 1 aliphatic carbocycles. The summed E-state index contributed by atoms with van der Waals surface area (Å²) < 4.78 is 5.33. The third kappa shape index (κ3) is 1.77. The number of hydrogen-bond donors (Lipinski definition) is 1. The molecular weight excluding hydrogens is 254 g/mol. The van der Waals surface area contributed by atoms with Crippen molar-refractivity contribution >= 4 is 5.91 Å². The van der Waals surface area contributed by atoms with Gasteiger partial charge in [0.1, 0.15) is 0 Å². The van der Waals surface area contributed by atoms with Crippen LogP contribution in [0.15, 0.2) is 0 Å². The zero-order chi connectivity index (χ0) is 14.4. The van der Waals surface area contributed by atoms with E-state index in [2.05, 4.69) is 11.8 Å². The molecule has 1 saturated carbocycles. The molecule has 1 N–H and O–H groups in total. The molecule has 2 bridgehead atoms. The normalized spacial score (nSPS) is 38.0. The van der Waals surface area contributed by atoms with Crippen molar-refractivity contribution in [3.63, 3.8) is 0 Å². The van der Waals surface area contributed by atoms with Crippen LogP contribution in [0.25, 0.3) is 0 Å². The van der Waals surface area contributed by atoms with E-state index < -0.39 is 0 Å². The summed E-state index contributed by atoms with van der Waals surface area (Å²) in [7, 11) is 1.69. The molecule has 2 saturated heterocycles. The summed E-state index contributed by atoms with van der Waals surface area (Å²) in [6, 6.07) is 0.610. The minimum absolute atomic E-state index is 0.0451. The van der Waals surface area contributed by atoms with Crippen molar-refractivity contribution in [3.05, 3.63) is 0 Å². The second kappa shape index (κ2) is 4.99. The molecule has 3 rings (SSSR count). The second-order valence-electron chi connectivity index (χ2n) is 7.10. The molecule has 2 heterocycles. The van der Waals surface area contributed by atoms with E-state index >= 15 is 0 Å². The Morgan fingerprint density at radius 3 is 2.60 bits per heavy atom. The predicted molar refractivity (Wildman–Crippen MR) is 76.2 cm³/mol. The summed E-state index contributed by atoms with van der Waals surface area (Å²) >= 11 is 0. The van der Waals surface area contributed by atoms with E-state index in [4.69, 9.17) is 4.74 Å². The van der Waals surface area contributed by atoms with Gasteiger partial charge in [-0.15, -0.1) is 0 Å². The Labute approximate surface area is 121 Å². The number of ether oxygens (including phenoxy) is 1. The van der Waals surface area contributed by atoms with Crippen LogP contribution in [0.4, 0.5) is 0 Å². The number of carbonyl (C=O) groups excluding carboxylic acids is 1. The van der Waals surface area contributed by atoms with Gasteiger partial charge in [0, 0.05) is 24.6 Å². The van der Waals surface area contributed by atoms with Gasteiger partial charge in [-0.05, 0) is 38.5 Å². The molecule has 0 aromatic rings. The lowest BCUT2D eigenvalue weighted by atomic mass is 9.68. The van der Waals surface area contributed by atoms with E-state index in [9.17, 15) is 9.90 Å². The number of rotatable bonds is 5. The first kappa shape index (κ1) is 14.3. The van der Waals surface area contributed by atoms with Crippen LogP contribution in [0.3, 0.4) is 0 Å². The largest absolute Gasteiger partial charge is 0.396 e. The molecule has 0 aromatic heterocycles. The second-order valence-corrected chi connectivity index (χ2v) is 7.10. The summed E-state index contributed by atoms with van der Waals surface area (Å²) in [6.45, 7) is 2.92. The first-order valence-corrected chi connectivity index (χ1v) is 8.05. The lowest BCUT2D eigenvalue weighted by Gasteiger charge is -2.44. The Balaban J connectivity index is 1.83. The van der Waals surface area contributed by atoms with Crippen LogP contribution in [0.2, 0.25) is 0 Å². The Morgan fingerprint density at radius 1 is 1.40 bits per heavy atom. The highest BCUT2D eigenvalue weighted by Gasteiger charge is 2.59. The van der Waals surface area contributed by atoms with Crippen LogP contribution in [0.5, 0.6) is 0 Å². The van der Waals surface area contributed by atoms with Gasteiger partial charge in [0.2, 0.25) is 5.91 Å². The average molecular weight is 281 g/mol. The topological polar surface area (TPSA) is 49.8 Å². The van der Waals surface area contributed by atoms with Crippen molar-refractivity contribution in [2.24, 2.45) is 10.8 Å².